The van der Waals surface area contributed by atoms with Gasteiger partial charge in [-0.3, -0.25) is 9.59 Å². The number of carboxylic acids is 1. The van der Waals surface area contributed by atoms with Crippen LogP contribution in [0.25, 0.3) is 0 Å². The number of carbonyl (C=O) groups excluding carboxylic acids is 2. The third kappa shape index (κ3) is 53.4. The maximum atomic E-state index is 12.8. The average molecular weight is 978 g/mol. The van der Waals surface area contributed by atoms with Gasteiger partial charge in [-0.1, -0.05) is 237 Å². The first-order chi connectivity index (χ1) is 33.6. The number of esters is 2. The molecular formula is C60H114NO8+. The van der Waals surface area contributed by atoms with Crippen LogP contribution in [0.15, 0.2) is 24.3 Å². The Bertz CT molecular complexity index is 1180. The van der Waals surface area contributed by atoms with Crippen LogP contribution in [-0.4, -0.2) is 87.4 Å². The Morgan fingerprint density at radius 1 is 0.420 bits per heavy atom. The minimum atomic E-state index is -1.51. The van der Waals surface area contributed by atoms with Gasteiger partial charge in [0.2, 0.25) is 0 Å². The molecule has 0 aliphatic rings. The van der Waals surface area contributed by atoms with Gasteiger partial charge in [-0.15, -0.1) is 0 Å². The van der Waals surface area contributed by atoms with E-state index < -0.39 is 24.3 Å². The average Bonchev–Trinajstić information content (AvgIpc) is 3.31. The Morgan fingerprint density at radius 3 is 1.12 bits per heavy atom. The molecule has 1 N–H and O–H groups in total. The quantitative estimate of drug-likeness (QED) is 0.0211. The van der Waals surface area contributed by atoms with Gasteiger partial charge in [0.15, 0.2) is 6.10 Å². The van der Waals surface area contributed by atoms with Crippen LogP contribution in [0.2, 0.25) is 0 Å². The van der Waals surface area contributed by atoms with E-state index in [1.165, 1.54) is 193 Å². The van der Waals surface area contributed by atoms with Crippen molar-refractivity contribution in [3.05, 3.63) is 24.3 Å². The zero-order valence-corrected chi connectivity index (χ0v) is 46.2. The molecule has 9 nitrogen and oxygen atoms in total. The van der Waals surface area contributed by atoms with Crippen molar-refractivity contribution < 1.29 is 42.9 Å². The fraction of sp³-hybridized carbons (Fsp3) is 0.883. The van der Waals surface area contributed by atoms with Crippen LogP contribution < -0.4 is 0 Å². The predicted octanol–water partition coefficient (Wildman–Crippen LogP) is 17.1. The van der Waals surface area contributed by atoms with Gasteiger partial charge in [0.1, 0.15) is 13.2 Å². The van der Waals surface area contributed by atoms with E-state index in [1.807, 2.05) is 21.1 Å². The number of unbranched alkanes of at least 4 members (excludes halogenated alkanes) is 36. The first-order valence-electron chi connectivity index (χ1n) is 29.5. The molecule has 0 fully saturated rings. The Balaban J connectivity index is 4.00. The molecule has 0 aliphatic heterocycles. The van der Waals surface area contributed by atoms with Gasteiger partial charge < -0.3 is 28.5 Å². The van der Waals surface area contributed by atoms with E-state index in [9.17, 15) is 19.5 Å². The summed E-state index contributed by atoms with van der Waals surface area (Å²) in [6.45, 7) is 4.86. The maximum absolute atomic E-state index is 12.8. The van der Waals surface area contributed by atoms with Crippen molar-refractivity contribution in [2.45, 2.75) is 296 Å². The number of allylic oxidation sites excluding steroid dienone is 4. The van der Waals surface area contributed by atoms with Gasteiger partial charge in [0.05, 0.1) is 34.4 Å². The second-order valence-corrected chi connectivity index (χ2v) is 21.3. The second kappa shape index (κ2) is 52.1. The minimum absolute atomic E-state index is 0.182. The van der Waals surface area contributed by atoms with Crippen molar-refractivity contribution in [3.8, 4) is 0 Å². The summed E-state index contributed by atoms with van der Waals surface area (Å²) in [6, 6.07) is 0. The van der Waals surface area contributed by atoms with Crippen molar-refractivity contribution in [1.82, 2.24) is 0 Å². The van der Waals surface area contributed by atoms with Crippen molar-refractivity contribution in [2.75, 3.05) is 47.5 Å². The summed E-state index contributed by atoms with van der Waals surface area (Å²) < 4.78 is 22.8. The summed E-state index contributed by atoms with van der Waals surface area (Å²) in [5, 5.41) is 9.67. The molecule has 9 heteroatoms. The lowest BCUT2D eigenvalue weighted by Crippen LogP contribution is -2.40. The molecule has 0 radical (unpaired) electrons. The summed E-state index contributed by atoms with van der Waals surface area (Å²) in [5.74, 6) is -2.00. The molecular weight excluding hydrogens is 863 g/mol. The molecule has 0 heterocycles. The number of nitrogens with zero attached hydrogens (tertiary/aromatic N) is 1. The maximum Gasteiger partial charge on any atom is 0.361 e. The molecule has 0 bridgehead atoms. The lowest BCUT2D eigenvalue weighted by molar-refractivity contribution is -0.870. The van der Waals surface area contributed by atoms with Crippen LogP contribution in [0.3, 0.4) is 0 Å². The van der Waals surface area contributed by atoms with E-state index in [4.69, 9.17) is 18.9 Å². The number of hydrogen-bond acceptors (Lipinski definition) is 7. The van der Waals surface area contributed by atoms with Gasteiger partial charge in [-0.2, -0.15) is 0 Å². The zero-order chi connectivity index (χ0) is 50.6. The number of likely N-dealkylation sites (N-methyl/N-ethyl adjacent to an activating group) is 1. The van der Waals surface area contributed by atoms with Gasteiger partial charge in [0.25, 0.3) is 6.29 Å². The van der Waals surface area contributed by atoms with Crippen LogP contribution in [-0.2, 0) is 33.3 Å². The normalized spacial score (nSPS) is 12.9. The van der Waals surface area contributed by atoms with Crippen molar-refractivity contribution >= 4 is 17.9 Å². The zero-order valence-electron chi connectivity index (χ0n) is 46.2. The Hall–Kier alpha value is -2.23. The molecule has 0 aromatic carbocycles. The lowest BCUT2D eigenvalue weighted by Gasteiger charge is -2.25. The number of ether oxygens (including phenoxy) is 4. The number of aliphatic carboxylic acids is 1. The topological polar surface area (TPSA) is 108 Å². The molecule has 0 aliphatic carbocycles. The Kier molecular flexibility index (Phi) is 50.4. The number of rotatable bonds is 55. The first kappa shape index (κ1) is 66.8. The summed E-state index contributed by atoms with van der Waals surface area (Å²) in [4.78, 5) is 37.3. The van der Waals surface area contributed by atoms with Crippen LogP contribution in [0, 0.1) is 0 Å². The molecule has 0 rings (SSSR count). The smallest absolute Gasteiger partial charge is 0.361 e. The van der Waals surface area contributed by atoms with Gasteiger partial charge in [-0.25, -0.2) is 4.79 Å². The standard InChI is InChI=1S/C60H113NO8/c1-6-8-10-12-14-16-18-19-20-21-22-23-24-25-26-27-28-29-30-31-32-33-34-35-36-37-38-39-41-43-45-47-49-51-58(63)69-56(55-68-60(59(64)65)66-53-52-61(3,4)5)54-67-57(62)50-48-46-44-42-40-17-15-13-11-9-7-2/h13,15,21-22,56,60H,6-12,14,16-20,23-55H2,1-5H3/p+1/b15-13-,22-21-. The van der Waals surface area contributed by atoms with Crippen LogP contribution in [0.5, 0.6) is 0 Å². The fourth-order valence-corrected chi connectivity index (χ4v) is 8.58. The SMILES string of the molecule is CCCC/C=C\CCCCCCCC(=O)OCC(COC(OCC[N+](C)(C)C)C(=O)O)OC(=O)CCCCCCCCCCCCCCCCCCCCCCC/C=C\CCCCCCCCCC. The highest BCUT2D eigenvalue weighted by Gasteiger charge is 2.25. The van der Waals surface area contributed by atoms with Gasteiger partial charge >= 0.3 is 17.9 Å². The van der Waals surface area contributed by atoms with Crippen LogP contribution in [0.4, 0.5) is 0 Å². The van der Waals surface area contributed by atoms with Crippen LogP contribution in [0.1, 0.15) is 284 Å². The monoisotopic (exact) mass is 977 g/mol. The van der Waals surface area contributed by atoms with Crippen molar-refractivity contribution in [2.24, 2.45) is 0 Å². The molecule has 0 saturated heterocycles. The molecule has 2 unspecified atom stereocenters. The molecule has 0 saturated carbocycles. The Labute approximate surface area is 427 Å². The number of quaternary nitrogens is 1. The number of carbonyl (C=O) groups is 3. The fourth-order valence-electron chi connectivity index (χ4n) is 8.58. The summed E-state index contributed by atoms with van der Waals surface area (Å²) in [5.41, 5.74) is 0. The highest BCUT2D eigenvalue weighted by molar-refractivity contribution is 5.71. The Morgan fingerprint density at radius 2 is 0.754 bits per heavy atom. The molecule has 0 aromatic heterocycles. The number of carboxylic acid groups (broad SMARTS) is 1. The van der Waals surface area contributed by atoms with Crippen molar-refractivity contribution in [1.29, 1.82) is 0 Å². The molecule has 0 amide bonds. The van der Waals surface area contributed by atoms with E-state index in [2.05, 4.69) is 38.2 Å². The lowest BCUT2D eigenvalue weighted by atomic mass is 10.0. The molecule has 2 atom stereocenters. The van der Waals surface area contributed by atoms with E-state index >= 15 is 0 Å². The summed E-state index contributed by atoms with van der Waals surface area (Å²) in [7, 11) is 5.97. The predicted molar refractivity (Wildman–Crippen MR) is 291 cm³/mol. The minimum Gasteiger partial charge on any atom is -0.477 e. The number of hydrogen-bond donors (Lipinski definition) is 1. The van der Waals surface area contributed by atoms with Crippen molar-refractivity contribution in [3.63, 3.8) is 0 Å². The van der Waals surface area contributed by atoms with E-state index in [1.54, 1.807) is 0 Å². The van der Waals surface area contributed by atoms with E-state index in [0.29, 0.717) is 17.4 Å². The van der Waals surface area contributed by atoms with E-state index in [-0.39, 0.29) is 32.2 Å². The van der Waals surface area contributed by atoms with Crippen LogP contribution >= 0.6 is 0 Å². The molecule has 69 heavy (non-hydrogen) atoms. The third-order valence-corrected chi connectivity index (χ3v) is 13.2. The summed E-state index contributed by atoms with van der Waals surface area (Å²) in [6.07, 6.45) is 58.6. The van der Waals surface area contributed by atoms with E-state index in [0.717, 1.165) is 64.2 Å². The molecule has 406 valence electrons. The molecule has 0 spiro atoms. The molecule has 0 aromatic rings. The first-order valence-corrected chi connectivity index (χ1v) is 29.5. The van der Waals surface area contributed by atoms with Gasteiger partial charge in [-0.05, 0) is 57.8 Å². The highest BCUT2D eigenvalue weighted by Crippen LogP contribution is 2.17. The van der Waals surface area contributed by atoms with Gasteiger partial charge in [0, 0.05) is 12.8 Å². The second-order valence-electron chi connectivity index (χ2n) is 21.3. The third-order valence-electron chi connectivity index (χ3n) is 13.2. The largest absolute Gasteiger partial charge is 0.477 e. The highest BCUT2D eigenvalue weighted by atomic mass is 16.7. The summed E-state index contributed by atoms with van der Waals surface area (Å²) >= 11 is 0.